The summed E-state index contributed by atoms with van der Waals surface area (Å²) in [4.78, 5) is 12.0. The first-order valence-corrected chi connectivity index (χ1v) is 7.53. The van der Waals surface area contributed by atoms with Crippen molar-refractivity contribution in [2.75, 3.05) is 6.54 Å². The fourth-order valence-corrected chi connectivity index (χ4v) is 1.78. The van der Waals surface area contributed by atoms with Gasteiger partial charge in [-0.05, 0) is 19.3 Å². The highest BCUT2D eigenvalue weighted by molar-refractivity contribution is 9.09. The highest BCUT2D eigenvalue weighted by Crippen LogP contribution is 2.08. The predicted octanol–water partition coefficient (Wildman–Crippen LogP) is 4.03. The van der Waals surface area contributed by atoms with Gasteiger partial charge in [0.05, 0.1) is 0 Å². The fourth-order valence-electron chi connectivity index (χ4n) is 1.55. The molecule has 0 aromatic carbocycles. The summed E-state index contributed by atoms with van der Waals surface area (Å²) in [6, 6.07) is 0. The van der Waals surface area contributed by atoms with Crippen molar-refractivity contribution < 1.29 is 4.79 Å². The Morgan fingerprint density at radius 3 is 2.50 bits per heavy atom. The largest absolute Gasteiger partial charge is 0.356 e. The molecule has 0 aliphatic rings. The van der Waals surface area contributed by atoms with Crippen molar-refractivity contribution in [3.05, 3.63) is 0 Å². The number of nitrogens with one attached hydrogen (secondary N) is 1. The molecule has 1 N–H and O–H groups in total. The summed E-state index contributed by atoms with van der Waals surface area (Å²) in [6.45, 7) is 5.16. The molecular weight excluding hydrogens is 266 g/mol. The van der Waals surface area contributed by atoms with Gasteiger partial charge in [0.15, 0.2) is 0 Å². The molecule has 1 amide bonds. The van der Waals surface area contributed by atoms with Gasteiger partial charge in [0.1, 0.15) is 0 Å². The van der Waals surface area contributed by atoms with Crippen LogP contribution < -0.4 is 5.32 Å². The van der Waals surface area contributed by atoms with Gasteiger partial charge < -0.3 is 5.32 Å². The van der Waals surface area contributed by atoms with E-state index in [9.17, 15) is 4.79 Å². The summed E-state index contributed by atoms with van der Waals surface area (Å²) in [5.41, 5.74) is 0. The lowest BCUT2D eigenvalue weighted by Gasteiger charge is -2.08. The zero-order valence-corrected chi connectivity index (χ0v) is 12.3. The number of carbonyl (C=O) groups excluding carboxylic acids is 1. The van der Waals surface area contributed by atoms with E-state index in [0.29, 0.717) is 11.2 Å². The topological polar surface area (TPSA) is 29.1 Å². The van der Waals surface area contributed by atoms with E-state index in [2.05, 4.69) is 35.1 Å². The number of carbonyl (C=O) groups is 1. The normalized spacial score (nSPS) is 12.4. The molecule has 16 heavy (non-hydrogen) atoms. The van der Waals surface area contributed by atoms with E-state index in [1.807, 2.05) is 0 Å². The first kappa shape index (κ1) is 16.0. The van der Waals surface area contributed by atoms with Crippen molar-refractivity contribution in [2.45, 2.75) is 70.0 Å². The smallest absolute Gasteiger partial charge is 0.219 e. The maximum absolute atomic E-state index is 11.4. The lowest BCUT2D eigenvalue weighted by molar-refractivity contribution is -0.121. The molecule has 0 saturated carbocycles. The Morgan fingerprint density at radius 1 is 1.19 bits per heavy atom. The molecule has 1 unspecified atom stereocenters. The van der Waals surface area contributed by atoms with Crippen LogP contribution in [0.25, 0.3) is 0 Å². The van der Waals surface area contributed by atoms with Crippen LogP contribution in [0.5, 0.6) is 0 Å². The van der Waals surface area contributed by atoms with Gasteiger partial charge >= 0.3 is 0 Å². The molecule has 2 nitrogen and oxygen atoms in total. The minimum absolute atomic E-state index is 0.215. The molecule has 3 heteroatoms. The lowest BCUT2D eigenvalue weighted by atomic mass is 10.1. The lowest BCUT2D eigenvalue weighted by Crippen LogP contribution is -2.25. The molecule has 0 rings (SSSR count). The SMILES string of the molecule is CCCCCCCC(=O)NCCC(Br)CC. The number of amides is 1. The number of hydrogen-bond donors (Lipinski definition) is 1. The zero-order chi connectivity index (χ0) is 12.2. The Morgan fingerprint density at radius 2 is 1.88 bits per heavy atom. The third kappa shape index (κ3) is 10.5. The van der Waals surface area contributed by atoms with Crippen LogP contribution in [0, 0.1) is 0 Å². The third-order valence-electron chi connectivity index (χ3n) is 2.73. The molecule has 0 aromatic rings. The monoisotopic (exact) mass is 291 g/mol. The zero-order valence-electron chi connectivity index (χ0n) is 10.7. The number of unbranched alkanes of at least 4 members (excludes halogenated alkanes) is 4. The molecule has 0 aromatic heterocycles. The second-order valence-corrected chi connectivity index (χ2v) is 5.60. The van der Waals surface area contributed by atoms with Crippen molar-refractivity contribution >= 4 is 21.8 Å². The van der Waals surface area contributed by atoms with E-state index in [-0.39, 0.29) is 5.91 Å². The predicted molar refractivity (Wildman–Crippen MR) is 74.0 cm³/mol. The van der Waals surface area contributed by atoms with Gasteiger partial charge in [-0.25, -0.2) is 0 Å². The van der Waals surface area contributed by atoms with Crippen LogP contribution >= 0.6 is 15.9 Å². The van der Waals surface area contributed by atoms with Gasteiger partial charge in [-0.1, -0.05) is 55.5 Å². The van der Waals surface area contributed by atoms with Gasteiger partial charge in [0, 0.05) is 17.8 Å². The average Bonchev–Trinajstić information content (AvgIpc) is 2.28. The molecular formula is C13H26BrNO. The Bertz CT molecular complexity index is 173. The highest BCUT2D eigenvalue weighted by Gasteiger charge is 2.03. The van der Waals surface area contributed by atoms with Gasteiger partial charge in [-0.2, -0.15) is 0 Å². The minimum Gasteiger partial charge on any atom is -0.356 e. The van der Waals surface area contributed by atoms with Crippen LogP contribution in [0.2, 0.25) is 0 Å². The van der Waals surface area contributed by atoms with Crippen molar-refractivity contribution in [2.24, 2.45) is 0 Å². The molecule has 0 fully saturated rings. The quantitative estimate of drug-likeness (QED) is 0.478. The van der Waals surface area contributed by atoms with Crippen LogP contribution in [0.4, 0.5) is 0 Å². The summed E-state index contributed by atoms with van der Waals surface area (Å²) in [5, 5.41) is 2.97. The second-order valence-electron chi connectivity index (χ2n) is 4.31. The standard InChI is InChI=1S/C13H26BrNO/c1-3-5-6-7-8-9-13(16)15-11-10-12(14)4-2/h12H,3-11H2,1-2H3,(H,15,16). The van der Waals surface area contributed by atoms with Crippen molar-refractivity contribution in [3.63, 3.8) is 0 Å². The first-order chi connectivity index (χ1) is 7.70. The van der Waals surface area contributed by atoms with Crippen molar-refractivity contribution in [1.82, 2.24) is 5.32 Å². The maximum Gasteiger partial charge on any atom is 0.219 e. The van der Waals surface area contributed by atoms with E-state index in [1.54, 1.807) is 0 Å². The first-order valence-electron chi connectivity index (χ1n) is 6.61. The molecule has 96 valence electrons. The van der Waals surface area contributed by atoms with Crippen LogP contribution in [0.1, 0.15) is 65.2 Å². The van der Waals surface area contributed by atoms with Crippen molar-refractivity contribution in [1.29, 1.82) is 0 Å². The molecule has 0 heterocycles. The average molecular weight is 292 g/mol. The summed E-state index contributed by atoms with van der Waals surface area (Å²) >= 11 is 3.56. The Balaban J connectivity index is 3.24. The van der Waals surface area contributed by atoms with E-state index in [1.165, 1.54) is 25.7 Å². The molecule has 0 bridgehead atoms. The minimum atomic E-state index is 0.215. The highest BCUT2D eigenvalue weighted by atomic mass is 79.9. The summed E-state index contributed by atoms with van der Waals surface area (Å²) in [7, 11) is 0. The van der Waals surface area contributed by atoms with E-state index >= 15 is 0 Å². The second kappa shape index (κ2) is 11.4. The van der Waals surface area contributed by atoms with Gasteiger partial charge in [-0.3, -0.25) is 4.79 Å². The Hall–Kier alpha value is -0.0500. The van der Waals surface area contributed by atoms with Crippen LogP contribution in [-0.4, -0.2) is 17.3 Å². The summed E-state index contributed by atoms with van der Waals surface area (Å²) in [6.07, 6.45) is 8.89. The number of alkyl halides is 1. The molecule has 0 aliphatic carbocycles. The van der Waals surface area contributed by atoms with Crippen molar-refractivity contribution in [3.8, 4) is 0 Å². The Kier molecular flexibility index (Phi) is 11.4. The molecule has 0 aliphatic heterocycles. The molecule has 0 spiro atoms. The fraction of sp³-hybridized carbons (Fsp3) is 0.923. The number of rotatable bonds is 10. The number of halogens is 1. The molecule has 0 saturated heterocycles. The molecule has 0 radical (unpaired) electrons. The van der Waals surface area contributed by atoms with Crippen LogP contribution in [0.15, 0.2) is 0 Å². The summed E-state index contributed by atoms with van der Waals surface area (Å²) in [5.74, 6) is 0.215. The Labute approximate surface area is 109 Å². The van der Waals surface area contributed by atoms with E-state index in [0.717, 1.165) is 25.8 Å². The van der Waals surface area contributed by atoms with Gasteiger partial charge in [0.2, 0.25) is 5.91 Å². The number of hydrogen-bond acceptors (Lipinski definition) is 1. The van der Waals surface area contributed by atoms with Gasteiger partial charge in [0.25, 0.3) is 0 Å². The van der Waals surface area contributed by atoms with E-state index < -0.39 is 0 Å². The van der Waals surface area contributed by atoms with Crippen LogP contribution in [-0.2, 0) is 4.79 Å². The van der Waals surface area contributed by atoms with Crippen LogP contribution in [0.3, 0.4) is 0 Å². The molecule has 1 atom stereocenters. The maximum atomic E-state index is 11.4. The van der Waals surface area contributed by atoms with E-state index in [4.69, 9.17) is 0 Å². The summed E-state index contributed by atoms with van der Waals surface area (Å²) < 4.78 is 0. The van der Waals surface area contributed by atoms with Gasteiger partial charge in [-0.15, -0.1) is 0 Å². The third-order valence-corrected chi connectivity index (χ3v) is 3.84.